The minimum atomic E-state index is 0.254. The van der Waals surface area contributed by atoms with Crippen LogP contribution in [-0.4, -0.2) is 29.3 Å². The lowest BCUT2D eigenvalue weighted by Gasteiger charge is -2.28. The van der Waals surface area contributed by atoms with Gasteiger partial charge in [-0.1, -0.05) is 18.2 Å². The van der Waals surface area contributed by atoms with Crippen LogP contribution < -0.4 is 10.6 Å². The summed E-state index contributed by atoms with van der Waals surface area (Å²) < 4.78 is 0.254. The van der Waals surface area contributed by atoms with E-state index in [0.717, 1.165) is 13.0 Å². The number of hydrogen-bond acceptors (Lipinski definition) is 3. The van der Waals surface area contributed by atoms with Gasteiger partial charge in [-0.3, -0.25) is 4.79 Å². The number of fused-ring (bicyclic) bond motifs is 2. The molecule has 1 aromatic carbocycles. The molecule has 3 aliphatic rings. The summed E-state index contributed by atoms with van der Waals surface area (Å²) in [6, 6.07) is 11.9. The van der Waals surface area contributed by atoms with Gasteiger partial charge in [0, 0.05) is 34.7 Å². The van der Waals surface area contributed by atoms with Crippen LogP contribution in [0.3, 0.4) is 0 Å². The van der Waals surface area contributed by atoms with E-state index in [1.807, 2.05) is 11.8 Å². The summed E-state index contributed by atoms with van der Waals surface area (Å²) in [5, 5.41) is 6.87. The van der Waals surface area contributed by atoms with Gasteiger partial charge in [-0.05, 0) is 56.6 Å². The number of benzene rings is 1. The zero-order valence-corrected chi connectivity index (χ0v) is 14.4. The maximum atomic E-state index is 12.3. The quantitative estimate of drug-likeness (QED) is 0.840. The first-order chi connectivity index (χ1) is 11.2. The molecule has 2 unspecified atom stereocenters. The van der Waals surface area contributed by atoms with Crippen molar-refractivity contribution in [2.24, 2.45) is 5.92 Å². The lowest BCUT2D eigenvalue weighted by atomic mass is 9.89. The Bertz CT molecular complexity index is 546. The first-order valence-corrected chi connectivity index (χ1v) is 9.79. The van der Waals surface area contributed by atoms with E-state index in [0.29, 0.717) is 18.0 Å². The van der Waals surface area contributed by atoms with Crippen LogP contribution in [0, 0.1) is 5.92 Å². The second kappa shape index (κ2) is 6.48. The summed E-state index contributed by atoms with van der Waals surface area (Å²) in [6.07, 6.45) is 8.14. The minimum Gasteiger partial charge on any atom is -0.355 e. The molecule has 0 radical (unpaired) electrons. The minimum absolute atomic E-state index is 0.254. The number of carbonyl (C=O) groups is 1. The molecule has 1 saturated carbocycles. The van der Waals surface area contributed by atoms with Crippen LogP contribution in [-0.2, 0) is 4.79 Å². The Morgan fingerprint density at radius 3 is 2.52 bits per heavy atom. The van der Waals surface area contributed by atoms with Crippen molar-refractivity contribution in [2.45, 2.75) is 66.7 Å². The summed E-state index contributed by atoms with van der Waals surface area (Å²) in [5.41, 5.74) is 0. The molecule has 2 N–H and O–H groups in total. The van der Waals surface area contributed by atoms with Crippen molar-refractivity contribution in [3.05, 3.63) is 30.3 Å². The molecule has 4 heteroatoms. The Kier molecular flexibility index (Phi) is 4.37. The van der Waals surface area contributed by atoms with Crippen LogP contribution >= 0.6 is 11.8 Å². The first-order valence-electron chi connectivity index (χ1n) is 8.98. The Hall–Kier alpha value is -1.00. The predicted octanol–water partition coefficient (Wildman–Crippen LogP) is 3.35. The predicted molar refractivity (Wildman–Crippen MR) is 94.6 cm³/mol. The highest BCUT2D eigenvalue weighted by Crippen LogP contribution is 2.51. The highest BCUT2D eigenvalue weighted by molar-refractivity contribution is 8.01. The summed E-state index contributed by atoms with van der Waals surface area (Å²) >= 11 is 1.93. The van der Waals surface area contributed by atoms with Gasteiger partial charge in [-0.25, -0.2) is 0 Å². The fourth-order valence-electron chi connectivity index (χ4n) is 4.13. The van der Waals surface area contributed by atoms with Crippen molar-refractivity contribution < 1.29 is 4.79 Å². The number of rotatable bonds is 6. The Balaban J connectivity index is 1.23. The first kappa shape index (κ1) is 15.5. The van der Waals surface area contributed by atoms with Gasteiger partial charge in [0.05, 0.1) is 0 Å². The smallest absolute Gasteiger partial charge is 0.220 e. The molecule has 2 atom stereocenters. The molecule has 3 fully saturated rings. The van der Waals surface area contributed by atoms with Crippen molar-refractivity contribution in [2.75, 3.05) is 6.54 Å². The van der Waals surface area contributed by atoms with Crippen LogP contribution in [0.4, 0.5) is 0 Å². The zero-order chi connectivity index (χ0) is 15.7. The summed E-state index contributed by atoms with van der Waals surface area (Å²) in [7, 11) is 0. The normalized spacial score (nSPS) is 30.9. The maximum absolute atomic E-state index is 12.3. The van der Waals surface area contributed by atoms with Gasteiger partial charge in [0.2, 0.25) is 5.91 Å². The third-order valence-corrected chi connectivity index (χ3v) is 7.03. The van der Waals surface area contributed by atoms with E-state index in [4.69, 9.17) is 0 Å². The number of amides is 1. The van der Waals surface area contributed by atoms with Crippen LogP contribution in [0.1, 0.15) is 44.9 Å². The second-order valence-electron chi connectivity index (χ2n) is 7.55. The number of carbonyl (C=O) groups excluding carboxylic acids is 1. The van der Waals surface area contributed by atoms with Gasteiger partial charge >= 0.3 is 0 Å². The van der Waals surface area contributed by atoms with E-state index in [-0.39, 0.29) is 10.7 Å². The van der Waals surface area contributed by atoms with Gasteiger partial charge in [-0.15, -0.1) is 11.8 Å². The molecule has 2 aliphatic heterocycles. The van der Waals surface area contributed by atoms with Crippen LogP contribution in [0.2, 0.25) is 0 Å². The molecule has 2 bridgehead atoms. The molecule has 4 rings (SSSR count). The molecule has 124 valence electrons. The summed E-state index contributed by atoms with van der Waals surface area (Å²) in [5.74, 6) is 0.849. The molecule has 0 aromatic heterocycles. The van der Waals surface area contributed by atoms with Gasteiger partial charge in [0.1, 0.15) is 0 Å². The molecule has 1 amide bonds. The van der Waals surface area contributed by atoms with Crippen molar-refractivity contribution in [1.29, 1.82) is 0 Å². The number of hydrogen-bond donors (Lipinski definition) is 2. The van der Waals surface area contributed by atoms with Gasteiger partial charge in [0.25, 0.3) is 0 Å². The van der Waals surface area contributed by atoms with Crippen molar-refractivity contribution in [3.63, 3.8) is 0 Å². The molecule has 2 saturated heterocycles. The third kappa shape index (κ3) is 3.92. The third-order valence-electron chi connectivity index (χ3n) is 5.54. The SMILES string of the molecule is O=C(CC1CC2CCC(C1)N2)NCC1(Sc2ccccc2)CC1. The standard InChI is InChI=1S/C19H26N2OS/c22-18(12-14-10-15-6-7-16(11-14)21-15)20-13-19(8-9-19)23-17-4-2-1-3-5-17/h1-5,14-16,21H,6-13H2,(H,20,22). The monoisotopic (exact) mass is 330 g/mol. The molecule has 1 aliphatic carbocycles. The van der Waals surface area contributed by atoms with E-state index >= 15 is 0 Å². The topological polar surface area (TPSA) is 41.1 Å². The number of thioether (sulfide) groups is 1. The van der Waals surface area contributed by atoms with Crippen LogP contribution in [0.5, 0.6) is 0 Å². The van der Waals surface area contributed by atoms with Crippen molar-refractivity contribution in [1.82, 2.24) is 10.6 Å². The molecular formula is C19H26N2OS. The number of nitrogens with one attached hydrogen (secondary N) is 2. The van der Waals surface area contributed by atoms with E-state index in [1.54, 1.807) is 0 Å². The number of piperidine rings is 1. The molecule has 2 heterocycles. The van der Waals surface area contributed by atoms with Crippen molar-refractivity contribution >= 4 is 17.7 Å². The summed E-state index contributed by atoms with van der Waals surface area (Å²) in [4.78, 5) is 13.6. The summed E-state index contributed by atoms with van der Waals surface area (Å²) in [6.45, 7) is 0.823. The zero-order valence-electron chi connectivity index (χ0n) is 13.6. The average Bonchev–Trinajstić information content (AvgIpc) is 3.23. The second-order valence-corrected chi connectivity index (χ2v) is 9.10. The molecular weight excluding hydrogens is 304 g/mol. The largest absolute Gasteiger partial charge is 0.355 e. The fourth-order valence-corrected chi connectivity index (χ4v) is 5.37. The highest BCUT2D eigenvalue weighted by atomic mass is 32.2. The highest BCUT2D eigenvalue weighted by Gasteiger charge is 2.44. The van der Waals surface area contributed by atoms with E-state index in [1.165, 1.54) is 43.4 Å². The molecule has 23 heavy (non-hydrogen) atoms. The lowest BCUT2D eigenvalue weighted by Crippen LogP contribution is -2.40. The molecule has 1 aromatic rings. The van der Waals surface area contributed by atoms with Crippen LogP contribution in [0.15, 0.2) is 35.2 Å². The molecule has 0 spiro atoms. The van der Waals surface area contributed by atoms with Crippen LogP contribution in [0.25, 0.3) is 0 Å². The van der Waals surface area contributed by atoms with Gasteiger partial charge in [-0.2, -0.15) is 0 Å². The van der Waals surface area contributed by atoms with Crippen molar-refractivity contribution in [3.8, 4) is 0 Å². The Labute approximate surface area is 143 Å². The Morgan fingerprint density at radius 2 is 1.87 bits per heavy atom. The fraction of sp³-hybridized carbons (Fsp3) is 0.632. The van der Waals surface area contributed by atoms with E-state index in [2.05, 4.69) is 41.0 Å². The average molecular weight is 330 g/mol. The lowest BCUT2D eigenvalue weighted by molar-refractivity contribution is -0.122. The van der Waals surface area contributed by atoms with Gasteiger partial charge < -0.3 is 10.6 Å². The molecule has 3 nitrogen and oxygen atoms in total. The maximum Gasteiger partial charge on any atom is 0.220 e. The Morgan fingerprint density at radius 1 is 1.17 bits per heavy atom. The van der Waals surface area contributed by atoms with Gasteiger partial charge in [0.15, 0.2) is 0 Å². The van der Waals surface area contributed by atoms with E-state index in [9.17, 15) is 4.79 Å². The van der Waals surface area contributed by atoms with E-state index < -0.39 is 0 Å².